The summed E-state index contributed by atoms with van der Waals surface area (Å²) in [5, 5.41) is 0.479. The van der Waals surface area contributed by atoms with Crippen LogP contribution in [0.2, 0.25) is 0 Å². The number of carbonyl (C=O) groups is 1. The smallest absolute Gasteiger partial charge is 0.168 e. The van der Waals surface area contributed by atoms with Crippen molar-refractivity contribution in [2.45, 2.75) is 31.5 Å². The van der Waals surface area contributed by atoms with E-state index in [1.165, 1.54) is 0 Å². The minimum atomic E-state index is -0.330. The van der Waals surface area contributed by atoms with E-state index >= 15 is 0 Å². The molecule has 0 amide bonds. The molecule has 1 aliphatic carbocycles. The first-order chi connectivity index (χ1) is 6.76. The molecule has 0 aromatic carbocycles. The predicted molar refractivity (Wildman–Crippen MR) is 55.4 cm³/mol. The minimum absolute atomic E-state index is 0.216. The van der Waals surface area contributed by atoms with E-state index in [1.54, 1.807) is 0 Å². The van der Waals surface area contributed by atoms with E-state index in [1.807, 2.05) is 0 Å². The second-order valence-corrected chi connectivity index (χ2v) is 4.54. The molecule has 0 unspecified atom stereocenters. The molecule has 4 heteroatoms. The summed E-state index contributed by atoms with van der Waals surface area (Å²) in [5.41, 5.74) is 0. The fourth-order valence-corrected chi connectivity index (χ4v) is 2.73. The molecule has 2 aliphatic rings. The van der Waals surface area contributed by atoms with Crippen molar-refractivity contribution >= 4 is 21.7 Å². The molecule has 3 nitrogen and oxygen atoms in total. The van der Waals surface area contributed by atoms with E-state index in [4.69, 9.17) is 9.47 Å². The molecule has 0 aromatic heterocycles. The number of hydrogen-bond acceptors (Lipinski definition) is 3. The number of halogens is 1. The second-order valence-electron chi connectivity index (χ2n) is 3.98. The van der Waals surface area contributed by atoms with Gasteiger partial charge in [0.25, 0.3) is 0 Å². The highest BCUT2D eigenvalue weighted by Crippen LogP contribution is 2.38. The molecule has 0 atom stereocenters. The van der Waals surface area contributed by atoms with Crippen LogP contribution in [0, 0.1) is 5.92 Å². The lowest BCUT2D eigenvalue weighted by molar-refractivity contribution is -0.183. The summed E-state index contributed by atoms with van der Waals surface area (Å²) < 4.78 is 11.2. The lowest BCUT2D eigenvalue weighted by atomic mass is 9.83. The van der Waals surface area contributed by atoms with Gasteiger partial charge in [0.2, 0.25) is 0 Å². The van der Waals surface area contributed by atoms with Crippen molar-refractivity contribution in [1.82, 2.24) is 0 Å². The fourth-order valence-electron chi connectivity index (χ4n) is 2.27. The minimum Gasteiger partial charge on any atom is -0.348 e. The van der Waals surface area contributed by atoms with E-state index in [0.29, 0.717) is 24.3 Å². The Morgan fingerprint density at radius 2 is 1.86 bits per heavy atom. The SMILES string of the molecule is O=C(CBr)C1CCC2(CC1)OCCO2. The molecule has 1 saturated heterocycles. The van der Waals surface area contributed by atoms with Crippen molar-refractivity contribution in [3.8, 4) is 0 Å². The Balaban J connectivity index is 1.88. The van der Waals surface area contributed by atoms with Crippen LogP contribution < -0.4 is 0 Å². The van der Waals surface area contributed by atoms with Gasteiger partial charge in [0.15, 0.2) is 5.79 Å². The van der Waals surface area contributed by atoms with E-state index in [0.717, 1.165) is 25.7 Å². The topological polar surface area (TPSA) is 35.5 Å². The van der Waals surface area contributed by atoms with Crippen molar-refractivity contribution < 1.29 is 14.3 Å². The molecule has 1 heterocycles. The van der Waals surface area contributed by atoms with E-state index in [-0.39, 0.29) is 11.7 Å². The highest BCUT2D eigenvalue weighted by Gasteiger charge is 2.41. The Labute approximate surface area is 92.3 Å². The quantitative estimate of drug-likeness (QED) is 0.713. The summed E-state index contributed by atoms with van der Waals surface area (Å²) >= 11 is 3.21. The van der Waals surface area contributed by atoms with Gasteiger partial charge in [0.1, 0.15) is 5.78 Å². The van der Waals surface area contributed by atoms with Gasteiger partial charge in [0.05, 0.1) is 18.5 Å². The number of ketones is 1. The van der Waals surface area contributed by atoms with Crippen LogP contribution in [0.25, 0.3) is 0 Å². The van der Waals surface area contributed by atoms with Crippen LogP contribution >= 0.6 is 15.9 Å². The van der Waals surface area contributed by atoms with Crippen LogP contribution in [0.3, 0.4) is 0 Å². The van der Waals surface area contributed by atoms with Gasteiger partial charge in [-0.1, -0.05) is 15.9 Å². The molecule has 0 aromatic rings. The fraction of sp³-hybridized carbons (Fsp3) is 0.900. The Bertz CT molecular complexity index is 213. The molecule has 1 saturated carbocycles. The van der Waals surface area contributed by atoms with Crippen LogP contribution in [0.15, 0.2) is 0 Å². The molecule has 14 heavy (non-hydrogen) atoms. The van der Waals surface area contributed by atoms with E-state index < -0.39 is 0 Å². The first-order valence-corrected chi connectivity index (χ1v) is 6.24. The van der Waals surface area contributed by atoms with Gasteiger partial charge >= 0.3 is 0 Å². The lowest BCUT2D eigenvalue weighted by Gasteiger charge is -2.34. The summed E-state index contributed by atoms with van der Waals surface area (Å²) in [6.07, 6.45) is 3.56. The summed E-state index contributed by atoms with van der Waals surface area (Å²) in [6.45, 7) is 1.41. The van der Waals surface area contributed by atoms with E-state index in [2.05, 4.69) is 15.9 Å². The number of carbonyl (C=O) groups excluding carboxylic acids is 1. The number of ether oxygens (including phenoxy) is 2. The molecule has 2 fully saturated rings. The van der Waals surface area contributed by atoms with Crippen molar-refractivity contribution in [1.29, 1.82) is 0 Å². The van der Waals surface area contributed by atoms with Gasteiger partial charge in [-0.2, -0.15) is 0 Å². The van der Waals surface area contributed by atoms with Crippen LogP contribution in [0.5, 0.6) is 0 Å². The molecule has 80 valence electrons. The summed E-state index contributed by atoms with van der Waals surface area (Å²) in [7, 11) is 0. The molecule has 1 spiro atoms. The maximum absolute atomic E-state index is 11.4. The largest absolute Gasteiger partial charge is 0.348 e. The van der Waals surface area contributed by atoms with Gasteiger partial charge < -0.3 is 9.47 Å². The zero-order valence-electron chi connectivity index (χ0n) is 8.13. The van der Waals surface area contributed by atoms with Gasteiger partial charge in [-0.05, 0) is 12.8 Å². The molecule has 0 N–H and O–H groups in total. The average molecular weight is 263 g/mol. The number of Topliss-reactive ketones (excluding diaryl/α,β-unsaturated/α-hetero) is 1. The molecule has 2 rings (SSSR count). The third-order valence-corrected chi connectivity index (χ3v) is 3.70. The highest BCUT2D eigenvalue weighted by atomic mass is 79.9. The zero-order chi connectivity index (χ0) is 10.0. The number of hydrogen-bond donors (Lipinski definition) is 0. The standard InChI is InChI=1S/C10H15BrO3/c11-7-9(12)8-1-3-10(4-2-8)13-5-6-14-10/h8H,1-7H2. The van der Waals surface area contributed by atoms with Crippen LogP contribution in [0.1, 0.15) is 25.7 Å². The first kappa shape index (κ1) is 10.6. The highest BCUT2D eigenvalue weighted by molar-refractivity contribution is 9.09. The summed E-state index contributed by atoms with van der Waals surface area (Å²) in [6, 6.07) is 0. The monoisotopic (exact) mass is 262 g/mol. The van der Waals surface area contributed by atoms with Gasteiger partial charge in [0, 0.05) is 18.8 Å². The number of rotatable bonds is 2. The van der Waals surface area contributed by atoms with Crippen molar-refractivity contribution in [3.05, 3.63) is 0 Å². The summed E-state index contributed by atoms with van der Waals surface area (Å²) in [5.74, 6) is 0.203. The average Bonchev–Trinajstić information content (AvgIpc) is 2.67. The first-order valence-electron chi connectivity index (χ1n) is 5.12. The maximum atomic E-state index is 11.4. The molecular formula is C10H15BrO3. The third-order valence-electron chi connectivity index (χ3n) is 3.15. The molecule has 0 bridgehead atoms. The normalized spacial score (nSPS) is 26.9. The Morgan fingerprint density at radius 1 is 1.29 bits per heavy atom. The second kappa shape index (κ2) is 4.29. The molecule has 0 radical (unpaired) electrons. The summed E-state index contributed by atoms with van der Waals surface area (Å²) in [4.78, 5) is 11.4. The van der Waals surface area contributed by atoms with Crippen molar-refractivity contribution in [2.24, 2.45) is 5.92 Å². The van der Waals surface area contributed by atoms with Crippen LogP contribution in [0.4, 0.5) is 0 Å². The van der Waals surface area contributed by atoms with Crippen molar-refractivity contribution in [3.63, 3.8) is 0 Å². The van der Waals surface area contributed by atoms with Gasteiger partial charge in [-0.15, -0.1) is 0 Å². The van der Waals surface area contributed by atoms with Gasteiger partial charge in [-0.3, -0.25) is 4.79 Å². The lowest BCUT2D eigenvalue weighted by Crippen LogP contribution is -2.37. The van der Waals surface area contributed by atoms with Gasteiger partial charge in [-0.25, -0.2) is 0 Å². The Kier molecular flexibility index (Phi) is 3.24. The predicted octanol–water partition coefficient (Wildman–Crippen LogP) is 1.88. The third kappa shape index (κ3) is 2.02. The molecule has 1 aliphatic heterocycles. The Hall–Kier alpha value is 0.0700. The zero-order valence-corrected chi connectivity index (χ0v) is 9.72. The molecular weight excluding hydrogens is 248 g/mol. The maximum Gasteiger partial charge on any atom is 0.168 e. The van der Waals surface area contributed by atoms with Crippen molar-refractivity contribution in [2.75, 3.05) is 18.5 Å². The Morgan fingerprint density at radius 3 is 2.36 bits per heavy atom. The number of alkyl halides is 1. The van der Waals surface area contributed by atoms with E-state index in [9.17, 15) is 4.79 Å². The van der Waals surface area contributed by atoms with Crippen LogP contribution in [-0.2, 0) is 14.3 Å². The van der Waals surface area contributed by atoms with Crippen LogP contribution in [-0.4, -0.2) is 30.1 Å².